The molecule has 1 nitrogen and oxygen atoms in total. The molecule has 0 saturated heterocycles. The standard InChI is InChI=1S/2Ag.FH.O/h;;1H;/q;+1;;/p-1. The van der Waals surface area contributed by atoms with Crippen molar-refractivity contribution in [3.8, 4) is 0 Å². The normalized spacial score (nSPS) is 3.25. The Hall–Kier alpha value is 1.21. The van der Waals surface area contributed by atoms with Crippen LogP contribution in [0.4, 0.5) is 3.02 Å². The van der Waals surface area contributed by atoms with E-state index in [9.17, 15) is 3.02 Å². The summed E-state index contributed by atoms with van der Waals surface area (Å²) in [4.78, 5) is 0. The molecule has 0 bridgehead atoms. The summed E-state index contributed by atoms with van der Waals surface area (Å²) in [5.74, 6) is 0. The van der Waals surface area contributed by atoms with Gasteiger partial charge in [-0.1, -0.05) is 0 Å². The maximum atomic E-state index is 9.31. The van der Waals surface area contributed by atoms with Crippen LogP contribution >= 0.6 is 0 Å². The molecule has 0 N–H and O–H groups in total. The summed E-state index contributed by atoms with van der Waals surface area (Å²) in [6.45, 7) is 0. The summed E-state index contributed by atoms with van der Waals surface area (Å²) in [6.07, 6.45) is 0. The number of halogens is 1. The average molecular weight is 251 g/mol. The molecule has 0 amide bonds. The first-order valence-electron chi connectivity index (χ1n) is 0.237. The predicted molar refractivity (Wildman–Crippen MR) is 1.79 cm³/mol. The SMILES string of the molecule is [F][Ag].[O]=[Ag]. The molecule has 0 saturated carbocycles. The second-order valence-corrected chi connectivity index (χ2v) is 0. The van der Waals surface area contributed by atoms with E-state index >= 15 is 0 Å². The minimum absolute atomic E-state index is 1.45. The van der Waals surface area contributed by atoms with Crippen molar-refractivity contribution in [1.29, 1.82) is 0 Å². The van der Waals surface area contributed by atoms with Crippen LogP contribution in [0.5, 0.6) is 0 Å². The second-order valence-electron chi connectivity index (χ2n) is 0. The van der Waals surface area contributed by atoms with Crippen LogP contribution in [0.15, 0.2) is 0 Å². The summed E-state index contributed by atoms with van der Waals surface area (Å²) in [5, 5.41) is 0. The van der Waals surface area contributed by atoms with Crippen molar-refractivity contribution >= 4 is 0 Å². The summed E-state index contributed by atoms with van der Waals surface area (Å²) in [6, 6.07) is 0. The van der Waals surface area contributed by atoms with Gasteiger partial charge in [-0.05, 0) is 0 Å². The van der Waals surface area contributed by atoms with E-state index in [1.807, 2.05) is 0 Å². The van der Waals surface area contributed by atoms with Crippen LogP contribution in [0.3, 0.4) is 0 Å². The summed E-state index contributed by atoms with van der Waals surface area (Å²) in [5.41, 5.74) is 0. The van der Waals surface area contributed by atoms with Gasteiger partial charge in [-0.25, -0.2) is 0 Å². The fourth-order valence-corrected chi connectivity index (χ4v) is 0. The van der Waals surface area contributed by atoms with Crippen LogP contribution in [0.1, 0.15) is 0 Å². The van der Waals surface area contributed by atoms with E-state index in [-0.39, 0.29) is 0 Å². The molecular weight excluding hydrogens is 251 g/mol. The third-order valence-corrected chi connectivity index (χ3v) is 0. The zero-order valence-electron chi connectivity index (χ0n) is 1.39. The van der Waals surface area contributed by atoms with Crippen molar-refractivity contribution in [2.75, 3.05) is 0 Å². The Balaban J connectivity index is 0. The van der Waals surface area contributed by atoms with E-state index in [1.54, 1.807) is 21.0 Å². The van der Waals surface area contributed by atoms with Gasteiger partial charge in [0.05, 0.1) is 0 Å². The van der Waals surface area contributed by atoms with Gasteiger partial charge in [0.2, 0.25) is 0 Å². The Kier molecular flexibility index (Phi) is 66.4. The topological polar surface area (TPSA) is 17.1 Å². The van der Waals surface area contributed by atoms with Crippen LogP contribution < -0.4 is 0 Å². The molecule has 0 aliphatic heterocycles. The molecule has 0 aromatic heterocycles. The fraction of sp³-hybridized carbons (Fsp3) is 0. The van der Waals surface area contributed by atoms with Gasteiger partial charge in [-0.15, -0.1) is 0 Å². The molecule has 0 fully saturated rings. The van der Waals surface area contributed by atoms with Gasteiger partial charge in [0.15, 0.2) is 0 Å². The summed E-state index contributed by atoms with van der Waals surface area (Å²) < 4.78 is 17.4. The van der Waals surface area contributed by atoms with Crippen molar-refractivity contribution in [2.24, 2.45) is 0 Å². The third kappa shape index (κ3) is 10.7. The minimum atomic E-state index is 1.45. The van der Waals surface area contributed by atoms with Crippen molar-refractivity contribution in [1.82, 2.24) is 0 Å². The summed E-state index contributed by atoms with van der Waals surface area (Å²) >= 11 is 3.15. The quantitative estimate of drug-likeness (QED) is 0.565. The van der Waals surface area contributed by atoms with E-state index in [0.717, 1.165) is 0 Å². The van der Waals surface area contributed by atoms with Crippen LogP contribution in [0.25, 0.3) is 0 Å². The molecule has 0 unspecified atom stereocenters. The van der Waals surface area contributed by atoms with Gasteiger partial charge in [-0.3, -0.25) is 0 Å². The number of hydrogen-bond donors (Lipinski definition) is 0. The summed E-state index contributed by atoms with van der Waals surface area (Å²) in [7, 11) is 0. The predicted octanol–water partition coefficient (Wildman–Crippen LogP) is 0.296. The molecule has 4 heteroatoms. The van der Waals surface area contributed by atoms with E-state index in [2.05, 4.69) is 0 Å². The van der Waals surface area contributed by atoms with Gasteiger partial charge in [0.1, 0.15) is 0 Å². The maximum absolute atomic E-state index is 9.31. The van der Waals surface area contributed by atoms with Crippen LogP contribution in [-0.2, 0) is 45.9 Å². The van der Waals surface area contributed by atoms with Gasteiger partial charge >= 0.3 is 48.9 Å². The Morgan fingerprint density at radius 1 is 1.25 bits per heavy atom. The number of hydrogen-bond acceptors (Lipinski definition) is 1. The molecule has 0 aromatic carbocycles. The molecule has 0 radical (unpaired) electrons. The van der Waals surface area contributed by atoms with E-state index in [0.29, 0.717) is 0 Å². The van der Waals surface area contributed by atoms with Crippen LogP contribution in [0, 0.1) is 0 Å². The molecule has 0 spiro atoms. The molecule has 0 atom stereocenters. The molecule has 0 aliphatic carbocycles. The Labute approximate surface area is 48.8 Å². The van der Waals surface area contributed by atoms with Gasteiger partial charge in [-0.2, -0.15) is 0 Å². The molecule has 0 heterocycles. The molecule has 35 valence electrons. The van der Waals surface area contributed by atoms with Crippen molar-refractivity contribution in [3.05, 3.63) is 0 Å². The van der Waals surface area contributed by atoms with Crippen molar-refractivity contribution < 1.29 is 48.9 Å². The fourth-order valence-electron chi connectivity index (χ4n) is 0. The van der Waals surface area contributed by atoms with Gasteiger partial charge in [0, 0.05) is 0 Å². The Morgan fingerprint density at radius 2 is 1.25 bits per heavy atom. The van der Waals surface area contributed by atoms with Crippen LogP contribution in [0.2, 0.25) is 0 Å². The monoisotopic (exact) mass is 249 g/mol. The van der Waals surface area contributed by atoms with E-state index in [1.165, 1.54) is 21.6 Å². The van der Waals surface area contributed by atoms with Crippen molar-refractivity contribution in [3.63, 3.8) is 0 Å². The first-order valence-corrected chi connectivity index (χ1v) is 1.40. The number of rotatable bonds is 0. The first-order chi connectivity index (χ1) is 2.00. The van der Waals surface area contributed by atoms with Gasteiger partial charge in [0.25, 0.3) is 0 Å². The van der Waals surface area contributed by atoms with Gasteiger partial charge < -0.3 is 0 Å². The Bertz CT molecular complexity index is 6.00. The zero-order chi connectivity index (χ0) is 4.00. The zero-order valence-corrected chi connectivity index (χ0v) is 4.35. The molecule has 0 rings (SSSR count). The molecule has 0 aliphatic rings. The first kappa shape index (κ1) is 8.96. The van der Waals surface area contributed by atoms with E-state index in [4.69, 9.17) is 3.25 Å². The third-order valence-electron chi connectivity index (χ3n) is 0. The van der Waals surface area contributed by atoms with Crippen LogP contribution in [-0.4, -0.2) is 0 Å². The van der Waals surface area contributed by atoms with E-state index < -0.39 is 0 Å². The molecule has 0 aromatic rings. The van der Waals surface area contributed by atoms with Crippen molar-refractivity contribution in [2.45, 2.75) is 0 Å². The second kappa shape index (κ2) is 29.6. The average Bonchev–Trinajstić information content (AvgIpc) is 1.50. The molecular formula is Ag2FO. The molecule has 4 heavy (non-hydrogen) atoms. The Morgan fingerprint density at radius 3 is 1.25 bits per heavy atom.